The van der Waals surface area contributed by atoms with E-state index in [0.29, 0.717) is 36.0 Å². The largest absolute Gasteiger partial charge is 0.497 e. The number of carbonyl (C=O) groups is 1. The topological polar surface area (TPSA) is 74.6 Å². The lowest BCUT2D eigenvalue weighted by atomic mass is 10.2. The van der Waals surface area contributed by atoms with Crippen molar-refractivity contribution in [3.63, 3.8) is 0 Å². The number of hydrogen-bond acceptors (Lipinski definition) is 6. The molecule has 4 rings (SSSR count). The number of nitrogens with zero attached hydrogens (tertiary/aromatic N) is 2. The highest BCUT2D eigenvalue weighted by atomic mass is 32.1. The highest BCUT2D eigenvalue weighted by Crippen LogP contribution is 2.32. The van der Waals surface area contributed by atoms with Crippen LogP contribution in [0.1, 0.15) is 10.5 Å². The van der Waals surface area contributed by atoms with Gasteiger partial charge in [0.25, 0.3) is 5.91 Å². The standard InChI is InChI=1S/C23H23N3O4S/c1-28-11-10-26-19-7-5-4-6-15(19)12-20(26)23-25-18(14-31-23)22(27)24-17-9-8-16(29-2)13-21(17)30-3/h4-9,12-14H,10-11H2,1-3H3,(H,24,27). The van der Waals surface area contributed by atoms with Gasteiger partial charge in [-0.05, 0) is 24.3 Å². The van der Waals surface area contributed by atoms with E-state index in [2.05, 4.69) is 33.1 Å². The monoisotopic (exact) mass is 437 g/mol. The van der Waals surface area contributed by atoms with Crippen LogP contribution in [-0.2, 0) is 11.3 Å². The van der Waals surface area contributed by atoms with E-state index in [1.54, 1.807) is 44.9 Å². The maximum absolute atomic E-state index is 12.8. The summed E-state index contributed by atoms with van der Waals surface area (Å²) < 4.78 is 18.0. The van der Waals surface area contributed by atoms with Gasteiger partial charge in [-0.15, -0.1) is 11.3 Å². The lowest BCUT2D eigenvalue weighted by molar-refractivity contribution is 0.102. The first-order chi connectivity index (χ1) is 15.1. The molecule has 1 amide bonds. The number of methoxy groups -OCH3 is 3. The first kappa shape index (κ1) is 20.9. The van der Waals surface area contributed by atoms with Crippen LogP contribution in [-0.4, -0.2) is 43.4 Å². The van der Waals surface area contributed by atoms with E-state index in [9.17, 15) is 4.79 Å². The molecule has 1 N–H and O–H groups in total. The zero-order valence-corrected chi connectivity index (χ0v) is 18.4. The number of nitrogens with one attached hydrogen (secondary N) is 1. The van der Waals surface area contributed by atoms with Crippen molar-refractivity contribution >= 4 is 33.8 Å². The van der Waals surface area contributed by atoms with E-state index in [0.717, 1.165) is 21.6 Å². The molecule has 0 spiro atoms. The van der Waals surface area contributed by atoms with Gasteiger partial charge in [-0.1, -0.05) is 18.2 Å². The first-order valence-electron chi connectivity index (χ1n) is 9.71. The van der Waals surface area contributed by atoms with Crippen LogP contribution in [0, 0.1) is 0 Å². The Balaban J connectivity index is 1.62. The summed E-state index contributed by atoms with van der Waals surface area (Å²) in [6.07, 6.45) is 0. The molecule has 0 fully saturated rings. The lowest BCUT2D eigenvalue weighted by Crippen LogP contribution is -2.13. The highest BCUT2D eigenvalue weighted by Gasteiger charge is 2.18. The van der Waals surface area contributed by atoms with Gasteiger partial charge in [-0.2, -0.15) is 0 Å². The number of para-hydroxylation sites is 1. The van der Waals surface area contributed by atoms with Crippen molar-refractivity contribution in [3.8, 4) is 22.2 Å². The summed E-state index contributed by atoms with van der Waals surface area (Å²) in [5.41, 5.74) is 2.97. The molecular formula is C23H23N3O4S. The van der Waals surface area contributed by atoms with E-state index < -0.39 is 0 Å². The molecule has 8 heteroatoms. The Morgan fingerprint density at radius 2 is 1.94 bits per heavy atom. The Bertz CT molecular complexity index is 1210. The Labute approximate surface area is 184 Å². The molecule has 2 heterocycles. The predicted molar refractivity (Wildman–Crippen MR) is 122 cm³/mol. The highest BCUT2D eigenvalue weighted by molar-refractivity contribution is 7.13. The normalized spacial score (nSPS) is 10.9. The number of benzene rings is 2. The average Bonchev–Trinajstić information content (AvgIpc) is 3.43. The first-order valence-corrected chi connectivity index (χ1v) is 10.6. The average molecular weight is 438 g/mol. The van der Waals surface area contributed by atoms with Gasteiger partial charge in [0, 0.05) is 36.0 Å². The second kappa shape index (κ2) is 9.20. The molecule has 0 radical (unpaired) electrons. The number of rotatable bonds is 8. The van der Waals surface area contributed by atoms with Crippen molar-refractivity contribution in [2.75, 3.05) is 33.3 Å². The van der Waals surface area contributed by atoms with E-state index in [4.69, 9.17) is 14.2 Å². The quantitative estimate of drug-likeness (QED) is 0.433. The molecular weight excluding hydrogens is 414 g/mol. The maximum atomic E-state index is 12.8. The number of anilines is 1. The third-order valence-electron chi connectivity index (χ3n) is 4.94. The van der Waals surface area contributed by atoms with E-state index in [1.807, 2.05) is 12.1 Å². The second-order valence-corrected chi connectivity index (χ2v) is 7.65. The Morgan fingerprint density at radius 1 is 1.10 bits per heavy atom. The van der Waals surface area contributed by atoms with Crippen LogP contribution < -0.4 is 14.8 Å². The molecule has 0 atom stereocenters. The van der Waals surface area contributed by atoms with Gasteiger partial charge in [0.15, 0.2) is 0 Å². The Kier molecular flexibility index (Phi) is 6.20. The van der Waals surface area contributed by atoms with Crippen LogP contribution in [0.3, 0.4) is 0 Å². The number of amides is 1. The Morgan fingerprint density at radius 3 is 2.71 bits per heavy atom. The number of carbonyl (C=O) groups excluding carboxylic acids is 1. The molecule has 4 aromatic rings. The summed E-state index contributed by atoms with van der Waals surface area (Å²) in [6, 6.07) is 15.5. The molecule has 2 aromatic carbocycles. The van der Waals surface area contributed by atoms with Crippen LogP contribution in [0.4, 0.5) is 5.69 Å². The van der Waals surface area contributed by atoms with Crippen molar-refractivity contribution in [2.24, 2.45) is 0 Å². The van der Waals surface area contributed by atoms with Crippen molar-refractivity contribution in [1.29, 1.82) is 0 Å². The SMILES string of the molecule is COCCn1c(-c2nc(C(=O)Nc3ccc(OC)cc3OC)cs2)cc2ccccc21. The lowest BCUT2D eigenvalue weighted by Gasteiger charge is -2.11. The summed E-state index contributed by atoms with van der Waals surface area (Å²) >= 11 is 1.44. The van der Waals surface area contributed by atoms with Crippen LogP contribution in [0.25, 0.3) is 21.6 Å². The molecule has 0 aliphatic rings. The van der Waals surface area contributed by atoms with Gasteiger partial charge in [0.05, 0.1) is 32.2 Å². The minimum atomic E-state index is -0.300. The second-order valence-electron chi connectivity index (χ2n) is 6.79. The fourth-order valence-corrected chi connectivity index (χ4v) is 4.22. The molecule has 0 aliphatic heterocycles. The molecule has 0 saturated heterocycles. The van der Waals surface area contributed by atoms with E-state index in [1.165, 1.54) is 11.3 Å². The maximum Gasteiger partial charge on any atom is 0.275 e. The zero-order valence-electron chi connectivity index (χ0n) is 17.5. The molecule has 2 aromatic heterocycles. The van der Waals surface area contributed by atoms with Crippen LogP contribution in [0.15, 0.2) is 53.9 Å². The van der Waals surface area contributed by atoms with Crippen LogP contribution in [0.5, 0.6) is 11.5 Å². The van der Waals surface area contributed by atoms with Gasteiger partial charge in [0.1, 0.15) is 22.2 Å². The number of ether oxygens (including phenoxy) is 3. The van der Waals surface area contributed by atoms with Gasteiger partial charge in [-0.25, -0.2) is 4.98 Å². The smallest absolute Gasteiger partial charge is 0.275 e. The molecule has 160 valence electrons. The van der Waals surface area contributed by atoms with Gasteiger partial charge in [0.2, 0.25) is 0 Å². The van der Waals surface area contributed by atoms with Crippen molar-refractivity contribution in [1.82, 2.24) is 9.55 Å². The molecule has 31 heavy (non-hydrogen) atoms. The van der Waals surface area contributed by atoms with Gasteiger partial charge >= 0.3 is 0 Å². The number of aromatic nitrogens is 2. The molecule has 0 aliphatic carbocycles. The number of hydrogen-bond donors (Lipinski definition) is 1. The van der Waals surface area contributed by atoms with Gasteiger partial charge < -0.3 is 24.1 Å². The summed E-state index contributed by atoms with van der Waals surface area (Å²) in [5, 5.41) is 6.53. The third kappa shape index (κ3) is 4.26. The summed E-state index contributed by atoms with van der Waals surface area (Å²) in [5.74, 6) is 0.864. The Hall–Kier alpha value is -3.36. The fraction of sp³-hybridized carbons (Fsp3) is 0.217. The zero-order chi connectivity index (χ0) is 21.8. The van der Waals surface area contributed by atoms with Crippen LogP contribution in [0.2, 0.25) is 0 Å². The molecule has 0 saturated carbocycles. The fourth-order valence-electron chi connectivity index (χ4n) is 3.39. The molecule has 7 nitrogen and oxygen atoms in total. The molecule has 0 unspecified atom stereocenters. The summed E-state index contributed by atoms with van der Waals surface area (Å²) in [7, 11) is 4.81. The van der Waals surface area contributed by atoms with Crippen LogP contribution >= 0.6 is 11.3 Å². The molecule has 0 bridgehead atoms. The van der Waals surface area contributed by atoms with Crippen molar-refractivity contribution in [3.05, 3.63) is 59.6 Å². The third-order valence-corrected chi connectivity index (χ3v) is 5.81. The summed E-state index contributed by atoms with van der Waals surface area (Å²) in [4.78, 5) is 17.4. The predicted octanol–water partition coefficient (Wildman–Crippen LogP) is 4.68. The minimum Gasteiger partial charge on any atom is -0.497 e. The summed E-state index contributed by atoms with van der Waals surface area (Å²) in [6.45, 7) is 1.28. The van der Waals surface area contributed by atoms with Crippen molar-refractivity contribution in [2.45, 2.75) is 6.54 Å². The minimum absolute atomic E-state index is 0.300. The van der Waals surface area contributed by atoms with E-state index >= 15 is 0 Å². The van der Waals surface area contributed by atoms with Crippen molar-refractivity contribution < 1.29 is 19.0 Å². The number of fused-ring (bicyclic) bond motifs is 1. The van der Waals surface area contributed by atoms with Gasteiger partial charge in [-0.3, -0.25) is 4.79 Å². The van der Waals surface area contributed by atoms with E-state index in [-0.39, 0.29) is 5.91 Å². The number of thiazole rings is 1.